The lowest BCUT2D eigenvalue weighted by Gasteiger charge is -2.23. The van der Waals surface area contributed by atoms with Gasteiger partial charge in [0.15, 0.2) is 29.9 Å². The number of phosphoric ester groups is 2. The van der Waals surface area contributed by atoms with Gasteiger partial charge in [-0.1, -0.05) is 30.3 Å². The average Bonchev–Trinajstić information content (AvgIpc) is 3.86. The summed E-state index contributed by atoms with van der Waals surface area (Å²) in [6.45, 7) is -1.96. The van der Waals surface area contributed by atoms with Crippen LogP contribution in [0.1, 0.15) is 24.3 Å². The van der Waals surface area contributed by atoms with Crippen molar-refractivity contribution in [2.24, 2.45) is 0 Å². The van der Waals surface area contributed by atoms with Gasteiger partial charge < -0.3 is 48.8 Å². The molecule has 292 valence electrons. The van der Waals surface area contributed by atoms with Gasteiger partial charge in [0.05, 0.1) is 25.9 Å². The summed E-state index contributed by atoms with van der Waals surface area (Å²) < 4.78 is 81.0. The number of benzene rings is 1. The summed E-state index contributed by atoms with van der Waals surface area (Å²) in [5.41, 5.74) is -1.78. The summed E-state index contributed by atoms with van der Waals surface area (Å²) in [6.07, 6.45) is -8.91. The fourth-order valence-electron chi connectivity index (χ4n) is 5.89. The van der Waals surface area contributed by atoms with E-state index in [1.165, 1.54) is 0 Å². The minimum atomic E-state index is -5.97. The molecule has 0 radical (unpaired) electrons. The van der Waals surface area contributed by atoms with Gasteiger partial charge in [-0.05, 0) is 0 Å². The van der Waals surface area contributed by atoms with Crippen molar-refractivity contribution in [3.05, 3.63) is 92.0 Å². The van der Waals surface area contributed by atoms with Crippen molar-refractivity contribution >= 4 is 34.6 Å². The van der Waals surface area contributed by atoms with Crippen LogP contribution in [-0.2, 0) is 50.3 Å². The molecule has 0 bridgehead atoms. The van der Waals surface area contributed by atoms with Gasteiger partial charge in [0, 0.05) is 17.8 Å². The summed E-state index contributed by atoms with van der Waals surface area (Å²) in [7, 11) is -17.3. The maximum absolute atomic E-state index is 12.8. The summed E-state index contributed by atoms with van der Waals surface area (Å²) in [5, 5.41) is 21.0. The fraction of sp³-hybridized carbons (Fsp3) is 0.423. The maximum Gasteiger partial charge on any atom is 0.490 e. The lowest BCUT2D eigenvalue weighted by molar-refractivity contribution is -0.154. The van der Waals surface area contributed by atoms with E-state index in [1.807, 2.05) is 0 Å². The predicted molar refractivity (Wildman–Crippen MR) is 172 cm³/mol. The van der Waals surface area contributed by atoms with Crippen LogP contribution in [0.25, 0.3) is 11.2 Å². The number of nitrogens with zero attached hydrogens (tertiary/aromatic N) is 4. The number of phosphoric acid groups is 3. The second-order valence-electron chi connectivity index (χ2n) is 11.8. The molecule has 0 saturated carbocycles. The van der Waals surface area contributed by atoms with E-state index in [0.717, 1.165) is 34.1 Å². The third kappa shape index (κ3) is 8.03. The second-order valence-corrected chi connectivity index (χ2v) is 16.4. The molecular weight excluding hydrogens is 793 g/mol. The van der Waals surface area contributed by atoms with E-state index in [9.17, 15) is 53.0 Å². The average molecular weight is 822 g/mol. The van der Waals surface area contributed by atoms with Crippen LogP contribution >= 0.6 is 23.5 Å². The molecule has 1 aromatic carbocycles. The van der Waals surface area contributed by atoms with E-state index in [1.54, 1.807) is 30.3 Å². The number of H-pyrrole nitrogens is 2. The number of aromatic nitrogens is 6. The second kappa shape index (κ2) is 14.8. The first kappa shape index (κ1) is 38.7. The van der Waals surface area contributed by atoms with Crippen molar-refractivity contribution in [3.63, 3.8) is 0 Å². The molecule has 7 rings (SSSR count). The van der Waals surface area contributed by atoms with Crippen LogP contribution in [0, 0.1) is 0 Å². The monoisotopic (exact) mass is 822 g/mol. The predicted octanol–water partition coefficient (Wildman–Crippen LogP) is -0.963. The van der Waals surface area contributed by atoms with Crippen molar-refractivity contribution in [1.29, 1.82) is 0 Å². The lowest BCUT2D eigenvalue weighted by atomic mass is 10.1. The zero-order valence-electron chi connectivity index (χ0n) is 26.9. The Morgan fingerprint density at radius 1 is 0.759 bits per heavy atom. The molecule has 6 heterocycles. The van der Waals surface area contributed by atoms with Crippen molar-refractivity contribution in [2.75, 3.05) is 13.2 Å². The highest BCUT2D eigenvalue weighted by Crippen LogP contribution is 2.68. The highest BCUT2D eigenvalue weighted by molar-refractivity contribution is 7.66. The molecule has 0 aliphatic carbocycles. The van der Waals surface area contributed by atoms with Crippen LogP contribution in [0.5, 0.6) is 0 Å². The third-order valence-electron chi connectivity index (χ3n) is 8.24. The molecule has 7 N–H and O–H groups in total. The van der Waals surface area contributed by atoms with E-state index in [-0.39, 0.29) is 11.2 Å². The van der Waals surface area contributed by atoms with E-state index in [4.69, 9.17) is 23.5 Å². The summed E-state index contributed by atoms with van der Waals surface area (Å²) in [5.74, 6) is 0. The fourth-order valence-corrected chi connectivity index (χ4v) is 9.41. The zero-order valence-corrected chi connectivity index (χ0v) is 29.6. The van der Waals surface area contributed by atoms with Gasteiger partial charge in [-0.15, -0.1) is 0 Å². The van der Waals surface area contributed by atoms with Crippen LogP contribution in [0.4, 0.5) is 0 Å². The first-order valence-corrected chi connectivity index (χ1v) is 19.9. The quantitative estimate of drug-likeness (QED) is 0.0798. The van der Waals surface area contributed by atoms with Gasteiger partial charge in [-0.25, -0.2) is 28.5 Å². The van der Waals surface area contributed by atoms with Gasteiger partial charge in [-0.3, -0.25) is 32.8 Å². The number of rotatable bonds is 13. The maximum atomic E-state index is 12.8. The van der Waals surface area contributed by atoms with Gasteiger partial charge in [0.2, 0.25) is 0 Å². The Hall–Kier alpha value is -3.58. The van der Waals surface area contributed by atoms with Crippen LogP contribution < -0.4 is 16.8 Å². The summed E-state index contributed by atoms with van der Waals surface area (Å²) in [6, 6.07) is 9.58. The SMILES string of the molecule is O=c1ccn([C@@H]2O[C@H](COP(=O)(O)OP(=O)(O)OP(=O)(O)OCC3O[C@@H](n4cnc5c(=O)[nH]cnc54)[C@H](O)[C@@H]3O)[C@H]3OC(c4ccccc4)O[C@H]32)c(=O)[nH]1. The molecule has 0 amide bonds. The number of imidazole rings is 1. The van der Waals surface area contributed by atoms with Crippen LogP contribution in [0.15, 0.2) is 69.6 Å². The first-order valence-electron chi connectivity index (χ1n) is 15.5. The van der Waals surface area contributed by atoms with Gasteiger partial charge >= 0.3 is 29.2 Å². The van der Waals surface area contributed by atoms with E-state index in [2.05, 4.69) is 33.1 Å². The van der Waals surface area contributed by atoms with Gasteiger partial charge in [0.25, 0.3) is 11.1 Å². The third-order valence-corrected chi connectivity index (χ3v) is 12.5. The number of hydrogen-bond donors (Lipinski definition) is 7. The van der Waals surface area contributed by atoms with E-state index >= 15 is 0 Å². The molecule has 5 unspecified atom stereocenters. The minimum Gasteiger partial charge on any atom is -0.387 e. The molecule has 3 saturated heterocycles. The van der Waals surface area contributed by atoms with E-state index in [0.29, 0.717) is 5.56 Å². The van der Waals surface area contributed by atoms with Crippen molar-refractivity contribution in [2.45, 2.75) is 55.4 Å². The number of nitrogens with one attached hydrogen (secondary N) is 2. The molecule has 12 atom stereocenters. The Morgan fingerprint density at radius 2 is 1.41 bits per heavy atom. The number of aliphatic hydroxyl groups is 2. The standard InChI is InChI=1S/C26H29N6O19P3/c33-15-6-7-31(26(37)30-15)24-20-19(48-25(49-20)12-4-2-1-3-5-12)14(47-24)9-45-53(40,41)51-54(42,43)50-52(38,39)44-8-13-17(34)18(35)23(46-13)32-11-29-16-21(32)27-10-28-22(16)36/h1-7,10-11,13-14,17-20,23-25,34-35H,8-9H2,(H,38,39)(H,40,41)(H,42,43)(H,27,28,36)(H,30,33,37)/t13?,14-,17-,18-,19-,20-,23-,24-,25?/m1/s1. The van der Waals surface area contributed by atoms with Crippen molar-refractivity contribution in [1.82, 2.24) is 29.1 Å². The number of aliphatic hydroxyl groups excluding tert-OH is 2. The molecule has 3 aromatic heterocycles. The highest BCUT2D eigenvalue weighted by Gasteiger charge is 2.55. The van der Waals surface area contributed by atoms with Gasteiger partial charge in [0.1, 0.15) is 36.6 Å². The Morgan fingerprint density at radius 3 is 2.09 bits per heavy atom. The number of aromatic amines is 2. The zero-order chi connectivity index (χ0) is 38.6. The number of fused-ring (bicyclic) bond motifs is 2. The van der Waals surface area contributed by atoms with Crippen LogP contribution in [-0.4, -0.2) is 104 Å². The Labute approximate surface area is 299 Å². The molecular formula is C26H29N6O19P3. The molecule has 25 nitrogen and oxygen atoms in total. The molecule has 3 aliphatic heterocycles. The summed E-state index contributed by atoms with van der Waals surface area (Å²) >= 11 is 0. The van der Waals surface area contributed by atoms with Crippen LogP contribution in [0.3, 0.4) is 0 Å². The molecule has 28 heteroatoms. The van der Waals surface area contributed by atoms with E-state index < -0.39 is 109 Å². The Kier molecular flexibility index (Phi) is 10.6. The topological polar surface area (TPSA) is 345 Å². The Balaban J connectivity index is 0.969. The largest absolute Gasteiger partial charge is 0.490 e. The smallest absolute Gasteiger partial charge is 0.387 e. The van der Waals surface area contributed by atoms with Crippen molar-refractivity contribution in [3.8, 4) is 0 Å². The highest BCUT2D eigenvalue weighted by atomic mass is 31.3. The molecule has 3 aliphatic rings. The molecule has 4 aromatic rings. The first-order chi connectivity index (χ1) is 25.5. The molecule has 54 heavy (non-hydrogen) atoms. The number of hydrogen-bond acceptors (Lipinski definition) is 18. The lowest BCUT2D eigenvalue weighted by Crippen LogP contribution is -2.36. The van der Waals surface area contributed by atoms with Crippen molar-refractivity contribution < 1.29 is 75.2 Å². The molecule has 0 spiro atoms. The minimum absolute atomic E-state index is 0.0365. The number of ether oxygens (including phenoxy) is 4. The Bertz CT molecular complexity index is 2340. The van der Waals surface area contributed by atoms with Crippen LogP contribution in [0.2, 0.25) is 0 Å². The molecule has 3 fully saturated rings. The summed E-state index contributed by atoms with van der Waals surface area (Å²) in [4.78, 5) is 78.8. The van der Waals surface area contributed by atoms with Gasteiger partial charge in [-0.2, -0.15) is 8.62 Å². The normalized spacial score (nSPS) is 31.5.